The lowest BCUT2D eigenvalue weighted by molar-refractivity contribution is 0.126. The Bertz CT molecular complexity index is 1040. The highest BCUT2D eigenvalue weighted by Gasteiger charge is 2.28. The van der Waals surface area contributed by atoms with Crippen molar-refractivity contribution < 1.29 is 13.7 Å². The Morgan fingerprint density at radius 3 is 2.53 bits per heavy atom. The minimum Gasteiger partial charge on any atom is -0.473 e. The topological polar surface area (TPSA) is 77.2 Å². The Morgan fingerprint density at radius 2 is 1.94 bits per heavy atom. The molecule has 1 unspecified atom stereocenters. The van der Waals surface area contributed by atoms with Crippen LogP contribution >= 0.6 is 11.8 Å². The molecule has 0 radical (unpaired) electrons. The predicted octanol–water partition coefficient (Wildman–Crippen LogP) is 5.19. The van der Waals surface area contributed by atoms with Crippen LogP contribution in [-0.4, -0.2) is 45.6 Å². The summed E-state index contributed by atoms with van der Waals surface area (Å²) in [5, 5.41) is 4.05. The maximum atomic E-state index is 14.3. The number of anilines is 1. The minimum absolute atomic E-state index is 0.0104. The Balaban J connectivity index is 1.33. The summed E-state index contributed by atoms with van der Waals surface area (Å²) in [6.45, 7) is 7.84. The zero-order chi connectivity index (χ0) is 22.7. The fourth-order valence-corrected chi connectivity index (χ4v) is 4.21. The van der Waals surface area contributed by atoms with Crippen molar-refractivity contribution in [3.8, 4) is 17.1 Å². The number of benzene rings is 1. The van der Waals surface area contributed by atoms with Crippen molar-refractivity contribution in [2.45, 2.75) is 50.5 Å². The highest BCUT2D eigenvalue weighted by Crippen LogP contribution is 2.28. The van der Waals surface area contributed by atoms with Crippen molar-refractivity contribution in [2.75, 3.05) is 24.2 Å². The van der Waals surface area contributed by atoms with Gasteiger partial charge in [-0.2, -0.15) is 4.98 Å². The second-order valence-corrected chi connectivity index (χ2v) is 9.20. The van der Waals surface area contributed by atoms with E-state index in [0.717, 1.165) is 36.7 Å². The molecule has 1 fully saturated rings. The fraction of sp³-hybridized carbons (Fsp3) is 0.478. The van der Waals surface area contributed by atoms with Gasteiger partial charge in [-0.3, -0.25) is 0 Å². The normalized spacial score (nSPS) is 15.9. The molecular weight excluding hydrogens is 429 g/mol. The molecule has 2 aromatic heterocycles. The van der Waals surface area contributed by atoms with Crippen molar-refractivity contribution in [3.63, 3.8) is 0 Å². The number of thioether (sulfide) groups is 1. The summed E-state index contributed by atoms with van der Waals surface area (Å²) in [6, 6.07) is 5.72. The molecule has 9 heteroatoms. The second-order valence-electron chi connectivity index (χ2n) is 8.32. The van der Waals surface area contributed by atoms with Crippen LogP contribution in [-0.2, 0) is 0 Å². The lowest BCUT2D eigenvalue weighted by atomic mass is 9.92. The molecule has 1 aromatic carbocycles. The summed E-state index contributed by atoms with van der Waals surface area (Å²) in [5.74, 6) is 1.51. The number of hydrogen-bond donors (Lipinski definition) is 0. The SMILES string of the molecule is CSc1ccc(-c2cnc(OC(C)C3CCN(c4nc(C(C)C)no4)CC3)cn2)c(F)c1. The lowest BCUT2D eigenvalue weighted by Crippen LogP contribution is -2.39. The quantitative estimate of drug-likeness (QED) is 0.448. The van der Waals surface area contributed by atoms with Crippen LogP contribution in [0.1, 0.15) is 45.4 Å². The maximum Gasteiger partial charge on any atom is 0.324 e. The standard InChI is InChI=1S/C23H28FN5O2S/c1-14(2)22-27-23(31-28-22)29-9-7-16(8-10-29)15(3)30-21-13-25-20(12-26-21)18-6-5-17(32-4)11-19(18)24/h5-6,11-16H,7-10H2,1-4H3. The van der Waals surface area contributed by atoms with Gasteiger partial charge in [0.15, 0.2) is 5.82 Å². The highest BCUT2D eigenvalue weighted by molar-refractivity contribution is 7.98. The first-order chi connectivity index (χ1) is 15.4. The van der Waals surface area contributed by atoms with Crippen molar-refractivity contribution in [2.24, 2.45) is 5.92 Å². The fourth-order valence-electron chi connectivity index (χ4n) is 3.78. The van der Waals surface area contributed by atoms with E-state index in [2.05, 4.69) is 31.9 Å². The van der Waals surface area contributed by atoms with Gasteiger partial charge in [-0.25, -0.2) is 14.4 Å². The highest BCUT2D eigenvalue weighted by atomic mass is 32.2. The number of halogens is 1. The van der Waals surface area contributed by atoms with E-state index in [1.807, 2.05) is 26.2 Å². The molecule has 0 aliphatic carbocycles. The van der Waals surface area contributed by atoms with Gasteiger partial charge >= 0.3 is 6.01 Å². The van der Waals surface area contributed by atoms with Gasteiger partial charge in [-0.1, -0.05) is 19.0 Å². The van der Waals surface area contributed by atoms with Crippen LogP contribution in [0.15, 0.2) is 40.0 Å². The Hall–Kier alpha value is -2.68. The third-order valence-electron chi connectivity index (χ3n) is 5.81. The zero-order valence-corrected chi connectivity index (χ0v) is 19.6. The molecule has 170 valence electrons. The molecule has 1 aliphatic heterocycles. The smallest absolute Gasteiger partial charge is 0.324 e. The number of hydrogen-bond acceptors (Lipinski definition) is 8. The number of aromatic nitrogens is 4. The van der Waals surface area contributed by atoms with Gasteiger partial charge in [-0.15, -0.1) is 11.8 Å². The van der Waals surface area contributed by atoms with Crippen LogP contribution in [0.5, 0.6) is 5.88 Å². The van der Waals surface area contributed by atoms with Gasteiger partial charge in [0.05, 0.1) is 18.1 Å². The van der Waals surface area contributed by atoms with Crippen LogP contribution in [0.4, 0.5) is 10.4 Å². The van der Waals surface area contributed by atoms with Crippen LogP contribution in [0, 0.1) is 11.7 Å². The number of nitrogens with zero attached hydrogens (tertiary/aromatic N) is 5. The van der Waals surface area contributed by atoms with E-state index >= 15 is 0 Å². The Kier molecular flexibility index (Phi) is 6.93. The van der Waals surface area contributed by atoms with Gasteiger partial charge in [-0.05, 0) is 50.1 Å². The number of rotatable bonds is 7. The molecule has 0 saturated carbocycles. The largest absolute Gasteiger partial charge is 0.473 e. The first-order valence-electron chi connectivity index (χ1n) is 10.9. The third kappa shape index (κ3) is 5.03. The van der Waals surface area contributed by atoms with Crippen LogP contribution in [0.2, 0.25) is 0 Å². The molecule has 3 heterocycles. The summed E-state index contributed by atoms with van der Waals surface area (Å²) in [4.78, 5) is 16.2. The minimum atomic E-state index is -0.304. The van der Waals surface area contributed by atoms with Crippen LogP contribution < -0.4 is 9.64 Å². The molecule has 0 spiro atoms. The molecule has 0 amide bonds. The predicted molar refractivity (Wildman–Crippen MR) is 123 cm³/mol. The average molecular weight is 458 g/mol. The average Bonchev–Trinajstić information content (AvgIpc) is 3.30. The molecule has 7 nitrogen and oxygen atoms in total. The van der Waals surface area contributed by atoms with Gasteiger partial charge in [0.2, 0.25) is 5.88 Å². The van der Waals surface area contributed by atoms with Crippen molar-refractivity contribution >= 4 is 17.8 Å². The van der Waals surface area contributed by atoms with E-state index in [1.165, 1.54) is 17.8 Å². The molecule has 0 N–H and O–H groups in total. The second kappa shape index (κ2) is 9.85. The monoisotopic (exact) mass is 457 g/mol. The summed E-state index contributed by atoms with van der Waals surface area (Å²) in [6.07, 6.45) is 6.94. The van der Waals surface area contributed by atoms with Gasteiger partial charge in [0.25, 0.3) is 0 Å². The maximum absolute atomic E-state index is 14.3. The van der Waals surface area contributed by atoms with Crippen molar-refractivity contribution in [3.05, 3.63) is 42.2 Å². The van der Waals surface area contributed by atoms with E-state index in [-0.39, 0.29) is 17.8 Å². The van der Waals surface area contributed by atoms with E-state index in [4.69, 9.17) is 9.26 Å². The molecule has 4 rings (SSSR count). The molecule has 1 saturated heterocycles. The van der Waals surface area contributed by atoms with E-state index in [1.54, 1.807) is 18.5 Å². The van der Waals surface area contributed by atoms with Crippen molar-refractivity contribution in [1.29, 1.82) is 0 Å². The first kappa shape index (κ1) is 22.5. The molecule has 3 aromatic rings. The van der Waals surface area contributed by atoms with Crippen LogP contribution in [0.3, 0.4) is 0 Å². The molecule has 1 atom stereocenters. The summed E-state index contributed by atoms with van der Waals surface area (Å²) >= 11 is 1.50. The van der Waals surface area contributed by atoms with Gasteiger partial charge < -0.3 is 14.2 Å². The van der Waals surface area contributed by atoms with Gasteiger partial charge in [0.1, 0.15) is 11.9 Å². The molecule has 1 aliphatic rings. The Morgan fingerprint density at radius 1 is 1.16 bits per heavy atom. The molecule has 0 bridgehead atoms. The summed E-state index contributed by atoms with van der Waals surface area (Å²) in [7, 11) is 0. The molecule has 32 heavy (non-hydrogen) atoms. The van der Waals surface area contributed by atoms with E-state index < -0.39 is 0 Å². The van der Waals surface area contributed by atoms with E-state index in [0.29, 0.717) is 29.1 Å². The summed E-state index contributed by atoms with van der Waals surface area (Å²) < 4.78 is 25.8. The van der Waals surface area contributed by atoms with Gasteiger partial charge in [0, 0.05) is 29.5 Å². The lowest BCUT2D eigenvalue weighted by Gasteiger charge is -2.33. The Labute approximate surface area is 191 Å². The summed E-state index contributed by atoms with van der Waals surface area (Å²) in [5.41, 5.74) is 0.924. The van der Waals surface area contributed by atoms with Crippen molar-refractivity contribution in [1.82, 2.24) is 20.1 Å². The zero-order valence-electron chi connectivity index (χ0n) is 18.8. The molecular formula is C23H28FN5O2S. The third-order valence-corrected chi connectivity index (χ3v) is 6.53. The number of ether oxygens (including phenoxy) is 1. The van der Waals surface area contributed by atoms with Crippen LogP contribution in [0.25, 0.3) is 11.3 Å². The number of piperidine rings is 1. The van der Waals surface area contributed by atoms with E-state index in [9.17, 15) is 4.39 Å². The first-order valence-corrected chi connectivity index (χ1v) is 12.1.